The Balaban J connectivity index is 5.14. The van der Waals surface area contributed by atoms with Crippen molar-refractivity contribution < 1.29 is 25.5 Å². The summed E-state index contributed by atoms with van der Waals surface area (Å²) in [5.41, 5.74) is 4.10. The minimum Gasteiger partial charge on any atom is -0.545 e. The predicted molar refractivity (Wildman–Crippen MR) is 51.5 cm³/mol. The first kappa shape index (κ1) is 13.6. The highest BCUT2D eigenvalue weighted by atomic mass is 16.4. The van der Waals surface area contributed by atoms with Crippen molar-refractivity contribution in [3.05, 3.63) is 11.1 Å². The summed E-state index contributed by atoms with van der Waals surface area (Å²) < 4.78 is 0. The van der Waals surface area contributed by atoms with Crippen LogP contribution in [0.25, 0.3) is 0 Å². The minimum absolute atomic E-state index is 0.0982. The molecule has 0 radical (unpaired) electrons. The largest absolute Gasteiger partial charge is 0.545 e. The Labute approximate surface area is 88.6 Å². The average molecular weight is 215 g/mol. The monoisotopic (exact) mass is 215 g/mol. The summed E-state index contributed by atoms with van der Waals surface area (Å²) >= 11 is 0. The predicted octanol–water partition coefficient (Wildman–Crippen LogP) is -1.20. The number of rotatable bonds is 6. The Bertz CT molecular complexity index is 281. The lowest BCUT2D eigenvalue weighted by molar-refractivity contribution is -0.366. The average Bonchev–Trinajstić information content (AvgIpc) is 2.01. The second-order valence-electron chi connectivity index (χ2n) is 3.63. The van der Waals surface area contributed by atoms with Crippen LogP contribution in [0.3, 0.4) is 0 Å². The molecular weight excluding hydrogens is 198 g/mol. The van der Waals surface area contributed by atoms with Gasteiger partial charge in [-0.05, 0) is 17.1 Å². The van der Waals surface area contributed by atoms with Crippen molar-refractivity contribution in [2.24, 2.45) is 5.92 Å². The number of hydrogen-bond acceptors (Lipinski definition) is 3. The molecule has 0 bridgehead atoms. The van der Waals surface area contributed by atoms with Crippen molar-refractivity contribution in [2.75, 3.05) is 6.54 Å². The van der Waals surface area contributed by atoms with Crippen molar-refractivity contribution in [1.82, 2.24) is 0 Å². The molecule has 5 nitrogen and oxygen atoms in total. The van der Waals surface area contributed by atoms with Crippen molar-refractivity contribution in [3.8, 4) is 0 Å². The van der Waals surface area contributed by atoms with Crippen LogP contribution < -0.4 is 10.8 Å². The van der Waals surface area contributed by atoms with E-state index in [2.05, 4.69) is 5.73 Å². The Morgan fingerprint density at radius 3 is 2.20 bits per heavy atom. The lowest BCUT2D eigenvalue weighted by Crippen LogP contribution is -2.50. The molecular formula is C10H17NO4. The summed E-state index contributed by atoms with van der Waals surface area (Å²) in [5.74, 6) is -2.55. The maximum atomic E-state index is 10.9. The molecule has 0 aromatic heterocycles. The first-order valence-corrected chi connectivity index (χ1v) is 4.84. The molecule has 0 aliphatic rings. The van der Waals surface area contributed by atoms with E-state index in [1.54, 1.807) is 13.8 Å². The molecule has 0 aromatic carbocycles. The molecule has 0 unspecified atom stereocenters. The van der Waals surface area contributed by atoms with Gasteiger partial charge in [0, 0.05) is 6.42 Å². The van der Waals surface area contributed by atoms with Crippen LogP contribution in [0.5, 0.6) is 0 Å². The topological polar surface area (TPSA) is 105 Å². The maximum Gasteiger partial charge on any atom is 0.307 e. The molecule has 0 heterocycles. The van der Waals surface area contributed by atoms with E-state index in [-0.39, 0.29) is 17.9 Å². The highest BCUT2D eigenvalue weighted by molar-refractivity contribution is 5.87. The maximum absolute atomic E-state index is 10.9. The highest BCUT2D eigenvalue weighted by Crippen LogP contribution is 2.19. The third kappa shape index (κ3) is 4.60. The second-order valence-corrected chi connectivity index (χ2v) is 3.63. The molecule has 0 saturated carbocycles. The molecule has 0 aromatic rings. The van der Waals surface area contributed by atoms with Gasteiger partial charge in [0.15, 0.2) is 0 Å². The van der Waals surface area contributed by atoms with Gasteiger partial charge >= 0.3 is 5.97 Å². The number of hydrogen-bond donors (Lipinski definition) is 2. The molecule has 0 atom stereocenters. The summed E-state index contributed by atoms with van der Waals surface area (Å²) in [5, 5.41) is 19.5. The number of carboxylic acid groups (broad SMARTS) is 2. The van der Waals surface area contributed by atoms with E-state index in [1.807, 2.05) is 0 Å². The van der Waals surface area contributed by atoms with Gasteiger partial charge in [-0.25, -0.2) is 0 Å². The normalized spacial score (nSPS) is 12.5. The van der Waals surface area contributed by atoms with E-state index in [0.717, 1.165) is 0 Å². The number of carbonyl (C=O) groups excluding carboxylic acids is 1. The van der Waals surface area contributed by atoms with Crippen LogP contribution in [0.4, 0.5) is 0 Å². The van der Waals surface area contributed by atoms with Gasteiger partial charge in [0.1, 0.15) is 0 Å². The van der Waals surface area contributed by atoms with E-state index in [4.69, 9.17) is 5.11 Å². The van der Waals surface area contributed by atoms with Gasteiger partial charge in [-0.15, -0.1) is 0 Å². The summed E-state index contributed by atoms with van der Waals surface area (Å²) in [4.78, 5) is 21.4. The fourth-order valence-corrected chi connectivity index (χ4v) is 1.50. The van der Waals surface area contributed by atoms with Crippen LogP contribution in [-0.2, 0) is 9.59 Å². The molecule has 4 N–H and O–H groups in total. The van der Waals surface area contributed by atoms with Crippen molar-refractivity contribution in [1.29, 1.82) is 0 Å². The first-order chi connectivity index (χ1) is 6.90. The smallest absolute Gasteiger partial charge is 0.307 e. The molecule has 0 fully saturated rings. The molecule has 0 aliphatic heterocycles. The zero-order chi connectivity index (χ0) is 12.0. The van der Waals surface area contributed by atoms with Crippen LogP contribution >= 0.6 is 0 Å². The molecule has 5 heteroatoms. The molecule has 86 valence electrons. The lowest BCUT2D eigenvalue weighted by atomic mass is 9.93. The third-order valence-corrected chi connectivity index (χ3v) is 2.02. The van der Waals surface area contributed by atoms with Gasteiger partial charge in [-0.3, -0.25) is 4.79 Å². The Kier molecular flexibility index (Phi) is 5.62. The Morgan fingerprint density at radius 1 is 1.40 bits per heavy atom. The van der Waals surface area contributed by atoms with Gasteiger partial charge in [0.05, 0.1) is 18.9 Å². The van der Waals surface area contributed by atoms with E-state index >= 15 is 0 Å². The number of aliphatic carboxylic acids is 2. The van der Waals surface area contributed by atoms with Gasteiger partial charge in [-0.1, -0.05) is 13.8 Å². The van der Waals surface area contributed by atoms with Crippen LogP contribution in [0.15, 0.2) is 11.1 Å². The molecule has 15 heavy (non-hydrogen) atoms. The highest BCUT2D eigenvalue weighted by Gasteiger charge is 2.14. The Hall–Kier alpha value is -1.36. The lowest BCUT2D eigenvalue weighted by Gasteiger charge is -2.17. The minimum atomic E-state index is -1.28. The zero-order valence-corrected chi connectivity index (χ0v) is 9.08. The summed E-state index contributed by atoms with van der Waals surface area (Å²) in [6.07, 6.45) is 0.130. The van der Waals surface area contributed by atoms with Crippen molar-refractivity contribution >= 4 is 11.9 Å². The van der Waals surface area contributed by atoms with E-state index in [1.165, 1.54) is 0 Å². The molecule has 0 saturated heterocycles. The second kappa shape index (κ2) is 6.19. The SMILES string of the molecule is CC(C)C(C(=O)[O-])=C(CC[NH3+])CC(=O)O. The number of carbonyl (C=O) groups is 2. The fourth-order valence-electron chi connectivity index (χ4n) is 1.50. The van der Waals surface area contributed by atoms with Crippen LogP contribution in [-0.4, -0.2) is 23.6 Å². The Morgan fingerprint density at radius 2 is 1.93 bits per heavy atom. The summed E-state index contributed by atoms with van der Waals surface area (Å²) in [6, 6.07) is 0. The van der Waals surface area contributed by atoms with Crippen molar-refractivity contribution in [2.45, 2.75) is 26.7 Å². The number of carboxylic acids is 2. The van der Waals surface area contributed by atoms with Crippen molar-refractivity contribution in [3.63, 3.8) is 0 Å². The van der Waals surface area contributed by atoms with E-state index in [0.29, 0.717) is 18.5 Å². The van der Waals surface area contributed by atoms with E-state index < -0.39 is 11.9 Å². The van der Waals surface area contributed by atoms with Gasteiger partial charge < -0.3 is 20.7 Å². The van der Waals surface area contributed by atoms with Crippen LogP contribution in [0.1, 0.15) is 26.7 Å². The standard InChI is InChI=1S/C10H17NO4/c1-6(2)9(10(14)15)7(3-4-11)5-8(12)13/h6H,3-5,11H2,1-2H3,(H,12,13)(H,14,15). The zero-order valence-electron chi connectivity index (χ0n) is 9.08. The number of quaternary nitrogens is 1. The fraction of sp³-hybridized carbons (Fsp3) is 0.600. The van der Waals surface area contributed by atoms with Crippen LogP contribution in [0, 0.1) is 5.92 Å². The van der Waals surface area contributed by atoms with Crippen LogP contribution in [0.2, 0.25) is 0 Å². The van der Waals surface area contributed by atoms with Gasteiger partial charge in [0.2, 0.25) is 0 Å². The molecule has 0 spiro atoms. The van der Waals surface area contributed by atoms with Gasteiger partial charge in [-0.2, -0.15) is 0 Å². The summed E-state index contributed by atoms with van der Waals surface area (Å²) in [6.45, 7) is 3.89. The van der Waals surface area contributed by atoms with E-state index in [9.17, 15) is 14.7 Å². The molecule has 0 amide bonds. The summed E-state index contributed by atoms with van der Waals surface area (Å²) in [7, 11) is 0. The quantitative estimate of drug-likeness (QED) is 0.542. The first-order valence-electron chi connectivity index (χ1n) is 4.84. The third-order valence-electron chi connectivity index (χ3n) is 2.02. The molecule has 0 aliphatic carbocycles. The molecule has 0 rings (SSSR count). The van der Waals surface area contributed by atoms with Gasteiger partial charge in [0.25, 0.3) is 0 Å².